The predicted molar refractivity (Wildman–Crippen MR) is 61.5 cm³/mol. The van der Waals surface area contributed by atoms with Gasteiger partial charge in [0.1, 0.15) is 5.76 Å². The highest BCUT2D eigenvalue weighted by atomic mass is 16.4. The average molecular weight is 239 g/mol. The second-order valence-corrected chi connectivity index (χ2v) is 4.00. The maximum absolute atomic E-state index is 11.4. The van der Waals surface area contributed by atoms with Crippen molar-refractivity contribution in [2.24, 2.45) is 0 Å². The van der Waals surface area contributed by atoms with Crippen LogP contribution in [0.15, 0.2) is 22.8 Å². The Morgan fingerprint density at radius 3 is 2.82 bits per heavy atom. The molecule has 1 heterocycles. The summed E-state index contributed by atoms with van der Waals surface area (Å²) in [6, 6.07) is 3.64. The van der Waals surface area contributed by atoms with E-state index in [0.717, 1.165) is 5.76 Å². The topological polar surface area (TPSA) is 79.5 Å². The van der Waals surface area contributed by atoms with Crippen molar-refractivity contribution in [3.05, 3.63) is 24.2 Å². The molecule has 0 aromatic carbocycles. The van der Waals surface area contributed by atoms with Crippen LogP contribution in [0.5, 0.6) is 0 Å². The van der Waals surface area contributed by atoms with Crippen molar-refractivity contribution in [2.75, 3.05) is 0 Å². The largest absolute Gasteiger partial charge is 0.481 e. The molecule has 1 rings (SSSR count). The van der Waals surface area contributed by atoms with Gasteiger partial charge in [0.25, 0.3) is 0 Å². The molecule has 0 aliphatic heterocycles. The van der Waals surface area contributed by atoms with Crippen LogP contribution in [0.4, 0.5) is 0 Å². The molecule has 17 heavy (non-hydrogen) atoms. The minimum Gasteiger partial charge on any atom is -0.481 e. The van der Waals surface area contributed by atoms with Gasteiger partial charge in [0.2, 0.25) is 5.91 Å². The fourth-order valence-electron chi connectivity index (χ4n) is 1.53. The smallest absolute Gasteiger partial charge is 0.303 e. The Morgan fingerprint density at radius 1 is 1.47 bits per heavy atom. The zero-order valence-electron chi connectivity index (χ0n) is 9.81. The minimum absolute atomic E-state index is 0.0153. The standard InChI is InChI=1S/C12H17NO4/c1-9(8-10-4-3-7-17-10)13-11(14)5-2-6-12(15)16/h3-4,7,9H,2,5-6,8H2,1H3,(H,13,14)(H,15,16). The number of carbonyl (C=O) groups excluding carboxylic acids is 1. The van der Waals surface area contributed by atoms with E-state index >= 15 is 0 Å². The molecule has 1 amide bonds. The lowest BCUT2D eigenvalue weighted by atomic mass is 10.1. The third-order valence-electron chi connectivity index (χ3n) is 2.29. The van der Waals surface area contributed by atoms with E-state index in [4.69, 9.17) is 9.52 Å². The molecule has 0 bridgehead atoms. The summed E-state index contributed by atoms with van der Waals surface area (Å²) in [6.07, 6.45) is 2.87. The van der Waals surface area contributed by atoms with E-state index in [1.807, 2.05) is 13.0 Å². The number of nitrogens with one attached hydrogen (secondary N) is 1. The molecule has 0 saturated carbocycles. The molecular formula is C12H17NO4. The molecule has 5 heteroatoms. The van der Waals surface area contributed by atoms with Gasteiger partial charge >= 0.3 is 5.97 Å². The van der Waals surface area contributed by atoms with Crippen molar-refractivity contribution in [1.82, 2.24) is 5.32 Å². The van der Waals surface area contributed by atoms with Gasteiger partial charge < -0.3 is 14.8 Å². The van der Waals surface area contributed by atoms with E-state index in [1.54, 1.807) is 12.3 Å². The van der Waals surface area contributed by atoms with Crippen molar-refractivity contribution in [2.45, 2.75) is 38.6 Å². The molecule has 0 spiro atoms. The molecule has 1 aromatic rings. The van der Waals surface area contributed by atoms with Crippen LogP contribution in [-0.2, 0) is 16.0 Å². The molecule has 0 aliphatic rings. The van der Waals surface area contributed by atoms with E-state index in [2.05, 4.69) is 5.32 Å². The van der Waals surface area contributed by atoms with Crippen molar-refractivity contribution in [3.63, 3.8) is 0 Å². The van der Waals surface area contributed by atoms with Crippen LogP contribution >= 0.6 is 0 Å². The zero-order valence-corrected chi connectivity index (χ0v) is 9.81. The highest BCUT2D eigenvalue weighted by Crippen LogP contribution is 2.04. The van der Waals surface area contributed by atoms with E-state index in [1.165, 1.54) is 0 Å². The summed E-state index contributed by atoms with van der Waals surface area (Å²) in [7, 11) is 0. The summed E-state index contributed by atoms with van der Waals surface area (Å²) in [5.41, 5.74) is 0. The Morgan fingerprint density at radius 2 is 2.24 bits per heavy atom. The van der Waals surface area contributed by atoms with Gasteiger partial charge in [-0.2, -0.15) is 0 Å². The van der Waals surface area contributed by atoms with Gasteiger partial charge in [-0.05, 0) is 25.5 Å². The van der Waals surface area contributed by atoms with Crippen molar-refractivity contribution >= 4 is 11.9 Å². The van der Waals surface area contributed by atoms with Crippen molar-refractivity contribution in [3.8, 4) is 0 Å². The van der Waals surface area contributed by atoms with Crippen molar-refractivity contribution in [1.29, 1.82) is 0 Å². The van der Waals surface area contributed by atoms with E-state index < -0.39 is 5.97 Å². The minimum atomic E-state index is -0.874. The van der Waals surface area contributed by atoms with Gasteiger partial charge in [0.05, 0.1) is 6.26 Å². The Kier molecular flexibility index (Phi) is 5.26. The van der Waals surface area contributed by atoms with Crippen LogP contribution in [0, 0.1) is 0 Å². The van der Waals surface area contributed by atoms with Crippen LogP contribution in [0.25, 0.3) is 0 Å². The lowest BCUT2D eigenvalue weighted by Gasteiger charge is -2.12. The van der Waals surface area contributed by atoms with Gasteiger partial charge in [-0.3, -0.25) is 9.59 Å². The van der Waals surface area contributed by atoms with E-state index in [-0.39, 0.29) is 24.8 Å². The number of carboxylic acids is 1. The summed E-state index contributed by atoms with van der Waals surface area (Å²) in [4.78, 5) is 21.7. The quantitative estimate of drug-likeness (QED) is 0.757. The predicted octanol–water partition coefficient (Wildman–Crippen LogP) is 1.58. The van der Waals surface area contributed by atoms with Gasteiger partial charge in [-0.1, -0.05) is 0 Å². The summed E-state index contributed by atoms with van der Waals surface area (Å²) in [6.45, 7) is 1.89. The molecule has 1 unspecified atom stereocenters. The SMILES string of the molecule is CC(Cc1ccco1)NC(=O)CCCC(=O)O. The van der Waals surface area contributed by atoms with Gasteiger partial charge in [0.15, 0.2) is 0 Å². The molecule has 2 N–H and O–H groups in total. The Balaban J connectivity index is 2.19. The number of furan rings is 1. The summed E-state index contributed by atoms with van der Waals surface area (Å²) >= 11 is 0. The molecule has 0 fully saturated rings. The average Bonchev–Trinajstić information content (AvgIpc) is 2.69. The lowest BCUT2D eigenvalue weighted by molar-refractivity contribution is -0.137. The first-order valence-corrected chi connectivity index (χ1v) is 5.61. The molecule has 94 valence electrons. The van der Waals surface area contributed by atoms with Crippen LogP contribution in [0.3, 0.4) is 0 Å². The number of rotatable bonds is 7. The monoisotopic (exact) mass is 239 g/mol. The first-order chi connectivity index (χ1) is 8.08. The number of carboxylic acid groups (broad SMARTS) is 1. The highest BCUT2D eigenvalue weighted by molar-refractivity contribution is 5.77. The molecule has 5 nitrogen and oxygen atoms in total. The molecule has 0 radical (unpaired) electrons. The van der Waals surface area contributed by atoms with E-state index in [0.29, 0.717) is 12.8 Å². The van der Waals surface area contributed by atoms with Gasteiger partial charge in [-0.25, -0.2) is 0 Å². The lowest BCUT2D eigenvalue weighted by Crippen LogP contribution is -2.33. The third-order valence-corrected chi connectivity index (χ3v) is 2.29. The molecular weight excluding hydrogens is 222 g/mol. The number of amides is 1. The second kappa shape index (κ2) is 6.73. The maximum Gasteiger partial charge on any atom is 0.303 e. The third kappa shape index (κ3) is 5.75. The first kappa shape index (κ1) is 13.3. The Labute approximate surface area is 99.8 Å². The molecule has 1 atom stereocenters. The Bertz CT molecular complexity index is 359. The van der Waals surface area contributed by atoms with Gasteiger partial charge in [-0.15, -0.1) is 0 Å². The van der Waals surface area contributed by atoms with Crippen LogP contribution < -0.4 is 5.32 Å². The number of hydrogen-bond donors (Lipinski definition) is 2. The van der Waals surface area contributed by atoms with Crippen molar-refractivity contribution < 1.29 is 19.1 Å². The first-order valence-electron chi connectivity index (χ1n) is 5.61. The summed E-state index contributed by atoms with van der Waals surface area (Å²) in [5.74, 6) is -0.171. The Hall–Kier alpha value is -1.78. The fourth-order valence-corrected chi connectivity index (χ4v) is 1.53. The van der Waals surface area contributed by atoms with E-state index in [9.17, 15) is 9.59 Å². The molecule has 1 aromatic heterocycles. The maximum atomic E-state index is 11.4. The van der Waals surface area contributed by atoms with Crippen LogP contribution in [0.2, 0.25) is 0 Å². The summed E-state index contributed by atoms with van der Waals surface area (Å²) in [5, 5.41) is 11.2. The number of aliphatic carboxylic acids is 1. The normalized spacial score (nSPS) is 12.1. The fraction of sp³-hybridized carbons (Fsp3) is 0.500. The van der Waals surface area contributed by atoms with Gasteiger partial charge in [0, 0.05) is 25.3 Å². The zero-order chi connectivity index (χ0) is 12.7. The molecule has 0 saturated heterocycles. The number of carbonyl (C=O) groups is 2. The second-order valence-electron chi connectivity index (χ2n) is 4.00. The highest BCUT2D eigenvalue weighted by Gasteiger charge is 2.09. The van der Waals surface area contributed by atoms with Crippen LogP contribution in [-0.4, -0.2) is 23.0 Å². The molecule has 0 aliphatic carbocycles. The summed E-state index contributed by atoms with van der Waals surface area (Å²) < 4.78 is 5.17. The van der Waals surface area contributed by atoms with Crippen LogP contribution in [0.1, 0.15) is 31.9 Å². The number of hydrogen-bond acceptors (Lipinski definition) is 3.